The average molecular weight is 404 g/mol. The van der Waals surface area contributed by atoms with Crippen LogP contribution >= 0.6 is 15.9 Å². The molecular formula is C15H22N2O7P2+2. The Morgan fingerprint density at radius 1 is 0.885 bits per heavy atom. The van der Waals surface area contributed by atoms with Crippen molar-refractivity contribution in [2.45, 2.75) is 25.5 Å². The van der Waals surface area contributed by atoms with Crippen LogP contribution in [0, 0.1) is 0 Å². The number of anilines is 1. The maximum absolute atomic E-state index is 9.33. The van der Waals surface area contributed by atoms with Gasteiger partial charge < -0.3 is 4.74 Å². The van der Waals surface area contributed by atoms with E-state index in [4.69, 9.17) is 4.74 Å². The summed E-state index contributed by atoms with van der Waals surface area (Å²) in [5, 5.41) is 2.27. The van der Waals surface area contributed by atoms with E-state index in [1.165, 1.54) is 12.3 Å². The van der Waals surface area contributed by atoms with Gasteiger partial charge in [-0.2, -0.15) is 29.4 Å². The fourth-order valence-electron chi connectivity index (χ4n) is 2.20. The van der Waals surface area contributed by atoms with E-state index in [1.807, 2.05) is 26.0 Å². The first-order chi connectivity index (χ1) is 12.0. The van der Waals surface area contributed by atoms with Gasteiger partial charge in [-0.05, 0) is 49.2 Å². The zero-order valence-corrected chi connectivity index (χ0v) is 15.9. The SMILES string of the molecule is CC(C)Oc1ccc(-c2ccnc(NC([P+](O)(O)O)[P+](O)(O)O)c2)cc1. The van der Waals surface area contributed by atoms with Crippen molar-refractivity contribution < 1.29 is 34.1 Å². The van der Waals surface area contributed by atoms with Gasteiger partial charge in [-0.1, -0.05) is 12.1 Å². The summed E-state index contributed by atoms with van der Waals surface area (Å²) in [6.07, 6.45) is 1.46. The fraction of sp³-hybridized carbons (Fsp3) is 0.267. The number of ether oxygens (including phenoxy) is 1. The minimum absolute atomic E-state index is 0.0121. The van der Waals surface area contributed by atoms with Crippen LogP contribution < -0.4 is 10.1 Å². The zero-order chi connectivity index (χ0) is 19.5. The van der Waals surface area contributed by atoms with E-state index in [0.717, 1.165) is 5.56 Å². The van der Waals surface area contributed by atoms with Crippen molar-refractivity contribution in [3.8, 4) is 16.9 Å². The molecule has 7 N–H and O–H groups in total. The standard InChI is InChI=1S/C15H22N2O7P2/c1-10(2)24-13-5-3-11(4-6-13)12-7-8-16-14(9-12)17-15(25(18,19)20)26(21,22)23/h3-10,15,18-23H,1-2H3,(H,16,17)/q+2. The largest absolute Gasteiger partial charge is 0.491 e. The summed E-state index contributed by atoms with van der Waals surface area (Å²) in [7, 11) is -9.58. The van der Waals surface area contributed by atoms with Gasteiger partial charge in [0.15, 0.2) is 0 Å². The van der Waals surface area contributed by atoms with Crippen LogP contribution in [-0.4, -0.2) is 46.0 Å². The molecule has 0 unspecified atom stereocenters. The molecule has 0 fully saturated rings. The second-order valence-corrected chi connectivity index (χ2v) is 9.77. The van der Waals surface area contributed by atoms with Crippen LogP contribution in [0.3, 0.4) is 0 Å². The van der Waals surface area contributed by atoms with Crippen LogP contribution in [0.4, 0.5) is 5.82 Å². The number of nitrogens with zero attached hydrogens (tertiary/aromatic N) is 1. The Morgan fingerprint density at radius 2 is 1.46 bits per heavy atom. The third-order valence-corrected chi connectivity index (χ3v) is 6.68. The summed E-state index contributed by atoms with van der Waals surface area (Å²) in [5.74, 6) is 0.722. The van der Waals surface area contributed by atoms with Gasteiger partial charge in [0, 0.05) is 6.20 Å². The number of hydrogen-bond acceptors (Lipinski definition) is 9. The highest BCUT2D eigenvalue weighted by molar-refractivity contribution is 7.77. The third-order valence-electron chi connectivity index (χ3n) is 3.25. The lowest BCUT2D eigenvalue weighted by atomic mass is 10.1. The van der Waals surface area contributed by atoms with Crippen molar-refractivity contribution in [1.82, 2.24) is 4.98 Å². The highest BCUT2D eigenvalue weighted by Gasteiger charge is 2.64. The molecule has 0 atom stereocenters. The van der Waals surface area contributed by atoms with Crippen LogP contribution in [0.15, 0.2) is 42.6 Å². The summed E-state index contributed by atoms with van der Waals surface area (Å²) >= 11 is 0. The molecule has 11 heteroatoms. The molecule has 0 aliphatic rings. The number of benzene rings is 1. The van der Waals surface area contributed by atoms with E-state index in [0.29, 0.717) is 11.3 Å². The van der Waals surface area contributed by atoms with Crippen LogP contribution in [0.1, 0.15) is 13.8 Å². The molecule has 0 bridgehead atoms. The van der Waals surface area contributed by atoms with Gasteiger partial charge in [0.05, 0.1) is 6.10 Å². The summed E-state index contributed by atoms with van der Waals surface area (Å²) < 4.78 is 5.57. The Kier molecular flexibility index (Phi) is 6.50. The summed E-state index contributed by atoms with van der Waals surface area (Å²) in [5.41, 5.74) is -0.647. The molecule has 2 rings (SSSR count). The lowest BCUT2D eigenvalue weighted by Crippen LogP contribution is -2.26. The predicted octanol–water partition coefficient (Wildman–Crippen LogP) is 1.71. The Hall–Kier alpha value is -1.41. The van der Waals surface area contributed by atoms with Crippen LogP contribution in [-0.2, 0) is 0 Å². The first-order valence-corrected chi connectivity index (χ1v) is 11.0. The summed E-state index contributed by atoms with van der Waals surface area (Å²) in [6, 6.07) is 10.4. The molecule has 0 aliphatic carbocycles. The molecule has 0 amide bonds. The normalized spacial score (nSPS) is 12.5. The first-order valence-electron chi connectivity index (χ1n) is 7.60. The van der Waals surface area contributed by atoms with E-state index >= 15 is 0 Å². The molecule has 2 aromatic rings. The molecule has 142 valence electrons. The number of rotatable bonds is 7. The lowest BCUT2D eigenvalue weighted by Gasteiger charge is -2.18. The highest BCUT2D eigenvalue weighted by Crippen LogP contribution is 2.68. The smallest absolute Gasteiger partial charge is 0.478 e. The van der Waals surface area contributed by atoms with Gasteiger partial charge in [0.2, 0.25) is 0 Å². The molecule has 1 heterocycles. The molecule has 0 spiro atoms. The molecular weight excluding hydrogens is 382 g/mol. The summed E-state index contributed by atoms with van der Waals surface area (Å²) in [6.45, 7) is 3.84. The molecule has 26 heavy (non-hydrogen) atoms. The maximum atomic E-state index is 9.33. The lowest BCUT2D eigenvalue weighted by molar-refractivity contribution is 0.242. The van der Waals surface area contributed by atoms with E-state index in [2.05, 4.69) is 10.3 Å². The van der Waals surface area contributed by atoms with Crippen molar-refractivity contribution in [3.63, 3.8) is 0 Å². The van der Waals surface area contributed by atoms with E-state index < -0.39 is 21.4 Å². The number of pyridine rings is 1. The Morgan fingerprint density at radius 3 is 1.96 bits per heavy atom. The molecule has 0 saturated carbocycles. The highest BCUT2D eigenvalue weighted by atomic mass is 31.3. The van der Waals surface area contributed by atoms with E-state index in [1.54, 1.807) is 18.2 Å². The van der Waals surface area contributed by atoms with Gasteiger partial charge in [0.1, 0.15) is 11.6 Å². The van der Waals surface area contributed by atoms with Crippen molar-refractivity contribution in [2.24, 2.45) is 0 Å². The Balaban J connectivity index is 2.24. The molecule has 1 aromatic heterocycles. The monoisotopic (exact) mass is 404 g/mol. The van der Waals surface area contributed by atoms with Gasteiger partial charge in [0.25, 0.3) is 0 Å². The van der Waals surface area contributed by atoms with Gasteiger partial charge in [-0.15, -0.1) is 0 Å². The van der Waals surface area contributed by atoms with Gasteiger partial charge >= 0.3 is 21.4 Å². The summed E-state index contributed by atoms with van der Waals surface area (Å²) in [4.78, 5) is 59.9. The molecule has 0 radical (unpaired) electrons. The third kappa shape index (κ3) is 5.81. The minimum Gasteiger partial charge on any atom is -0.491 e. The molecule has 0 aliphatic heterocycles. The average Bonchev–Trinajstić information content (AvgIpc) is 2.51. The second-order valence-electron chi connectivity index (χ2n) is 5.87. The molecule has 9 nitrogen and oxygen atoms in total. The van der Waals surface area contributed by atoms with E-state index in [-0.39, 0.29) is 11.9 Å². The second kappa shape index (κ2) is 8.08. The van der Waals surface area contributed by atoms with Crippen LogP contribution in [0.2, 0.25) is 0 Å². The number of nitrogens with one attached hydrogen (secondary N) is 1. The minimum atomic E-state index is -4.79. The van der Waals surface area contributed by atoms with E-state index in [9.17, 15) is 29.4 Å². The topological polar surface area (TPSA) is 156 Å². The van der Waals surface area contributed by atoms with Crippen molar-refractivity contribution in [1.29, 1.82) is 0 Å². The predicted molar refractivity (Wildman–Crippen MR) is 100 cm³/mol. The maximum Gasteiger partial charge on any atom is 0.478 e. The van der Waals surface area contributed by atoms with Gasteiger partial charge in [-0.3, -0.25) is 5.32 Å². The Labute approximate surface area is 151 Å². The van der Waals surface area contributed by atoms with Crippen LogP contribution in [0.25, 0.3) is 11.1 Å². The molecule has 0 saturated heterocycles. The van der Waals surface area contributed by atoms with Crippen molar-refractivity contribution in [3.05, 3.63) is 42.6 Å². The van der Waals surface area contributed by atoms with Crippen molar-refractivity contribution in [2.75, 3.05) is 5.32 Å². The Bertz CT molecular complexity index is 716. The zero-order valence-electron chi connectivity index (χ0n) is 14.1. The number of hydrogen-bond donors (Lipinski definition) is 7. The molecule has 1 aromatic carbocycles. The van der Waals surface area contributed by atoms with Crippen molar-refractivity contribution >= 4 is 21.7 Å². The first kappa shape index (κ1) is 20.9. The quantitative estimate of drug-likeness (QED) is 0.342. The van der Waals surface area contributed by atoms with Crippen LogP contribution in [0.5, 0.6) is 5.75 Å². The van der Waals surface area contributed by atoms with Gasteiger partial charge in [-0.25, -0.2) is 4.98 Å². The number of aromatic nitrogens is 1. The fourth-order valence-corrected chi connectivity index (χ4v) is 4.47.